The van der Waals surface area contributed by atoms with Gasteiger partial charge in [-0.1, -0.05) is 166 Å². The highest BCUT2D eigenvalue weighted by atomic mass is 35.5. The number of hydrogen-bond donors (Lipinski definition) is 0. The molecule has 0 spiro atoms. The first-order valence-corrected chi connectivity index (χ1v) is 48.9. The van der Waals surface area contributed by atoms with Crippen molar-refractivity contribution in [1.29, 1.82) is 0 Å². The lowest BCUT2D eigenvalue weighted by Gasteiger charge is -2.14. The molecule has 0 atom stereocenters. The largest absolute Gasteiger partial charge is 0.294 e. The summed E-state index contributed by atoms with van der Waals surface area (Å²) in [6, 6.07) is 87.6. The molecule has 7 nitrogen and oxygen atoms in total. The number of aryl methyl sites for hydroxylation is 10. The molecule has 0 saturated carbocycles. The van der Waals surface area contributed by atoms with Crippen LogP contribution in [0.5, 0.6) is 0 Å². The minimum Gasteiger partial charge on any atom is -0.294 e. The Morgan fingerprint density at radius 3 is 0.810 bits per heavy atom. The maximum Gasteiger partial charge on any atom is 0.163 e. The summed E-state index contributed by atoms with van der Waals surface area (Å²) in [5.74, 6) is 43.3. The molecule has 14 aromatic rings. The summed E-state index contributed by atoms with van der Waals surface area (Å²) >= 11 is 17.9. The van der Waals surface area contributed by atoms with Crippen molar-refractivity contribution in [2.45, 2.75) is 156 Å². The Kier molecular flexibility index (Phi) is 35.0. The van der Waals surface area contributed by atoms with E-state index < -0.39 is 11.6 Å². The molecule has 0 unspecified atom stereocenters. The molecule has 21 rings (SSSR count). The number of ketones is 7. The van der Waals surface area contributed by atoms with Gasteiger partial charge in [-0.2, -0.15) is 0 Å². The molecule has 0 fully saturated rings. The van der Waals surface area contributed by atoms with E-state index in [1.165, 1.54) is 29.3 Å². The number of benzene rings is 14. The number of rotatable bonds is 0. The number of hydrogen-bond acceptors (Lipinski definition) is 7. The lowest BCUT2D eigenvalue weighted by molar-refractivity contribution is 0.0964. The number of fused-ring (bicyclic) bond motifs is 7. The van der Waals surface area contributed by atoms with Gasteiger partial charge in [-0.15, -0.1) is 0 Å². The molecule has 698 valence electrons. The van der Waals surface area contributed by atoms with Crippen LogP contribution in [-0.4, -0.2) is 40.5 Å². The number of carbonyl (C=O) groups is 7. The molecular weight excluding hydrogens is 1820 g/mol. The van der Waals surface area contributed by atoms with Crippen LogP contribution < -0.4 is 0 Å². The summed E-state index contributed by atoms with van der Waals surface area (Å²) in [5.41, 5.74) is 28.8. The smallest absolute Gasteiger partial charge is 0.163 e. The van der Waals surface area contributed by atoms with E-state index in [4.69, 9.17) is 34.8 Å². The number of Topliss-reactive ketones (excluding diaryl/α,β-unsaturated/α-hetero) is 7. The van der Waals surface area contributed by atoms with Gasteiger partial charge in [-0.05, 0) is 397 Å². The van der Waals surface area contributed by atoms with Crippen molar-refractivity contribution >= 4 is 75.3 Å². The summed E-state index contributed by atoms with van der Waals surface area (Å²) in [6.07, 6.45) is 17.8. The van der Waals surface area contributed by atoms with Gasteiger partial charge in [0.05, 0.1) is 10.6 Å². The topological polar surface area (TPSA) is 119 Å². The molecule has 7 aliphatic carbocycles. The van der Waals surface area contributed by atoms with Gasteiger partial charge < -0.3 is 0 Å². The Balaban J connectivity index is 0.000000125. The molecule has 142 heavy (non-hydrogen) atoms. The monoisotopic (exact) mass is 1920 g/mol. The lowest BCUT2D eigenvalue weighted by Crippen LogP contribution is -2.10. The van der Waals surface area contributed by atoms with Crippen LogP contribution in [-0.2, 0) is 44.9 Å². The van der Waals surface area contributed by atoms with Crippen molar-refractivity contribution in [1.82, 2.24) is 0 Å². The molecule has 0 radical (unpaired) electrons. The summed E-state index contributed by atoms with van der Waals surface area (Å²) in [5, 5.41) is 2.06. The van der Waals surface area contributed by atoms with Gasteiger partial charge >= 0.3 is 0 Å². The Bertz CT molecular complexity index is 7510. The molecule has 0 aliphatic heterocycles. The normalized spacial score (nSPS) is 13.3. The Morgan fingerprint density at radius 2 is 0.486 bits per heavy atom. The van der Waals surface area contributed by atoms with Crippen LogP contribution in [0.1, 0.15) is 296 Å². The van der Waals surface area contributed by atoms with Crippen LogP contribution in [0, 0.1) is 121 Å². The Morgan fingerprint density at radius 1 is 0.204 bits per heavy atom. The highest BCUT2D eigenvalue weighted by molar-refractivity contribution is 6.32. The molecule has 7 aliphatic rings. The van der Waals surface area contributed by atoms with E-state index in [0.717, 1.165) is 246 Å². The van der Waals surface area contributed by atoms with Gasteiger partial charge in [0.2, 0.25) is 0 Å². The third-order valence-electron chi connectivity index (χ3n) is 24.9. The minimum absolute atomic E-state index is 0.158. The number of carbonyl (C=O) groups excluding carboxylic acids is 7. The van der Waals surface area contributed by atoms with Crippen LogP contribution in [0.15, 0.2) is 285 Å². The van der Waals surface area contributed by atoms with Gasteiger partial charge in [0.1, 0.15) is 17.5 Å². The van der Waals surface area contributed by atoms with Crippen LogP contribution in [0.3, 0.4) is 0 Å². The van der Waals surface area contributed by atoms with Crippen LogP contribution >= 0.6 is 34.8 Å². The number of halogens is 6. The molecule has 0 bridgehead atoms. The van der Waals surface area contributed by atoms with E-state index in [2.05, 4.69) is 133 Å². The second-order valence-electron chi connectivity index (χ2n) is 35.6. The average molecular weight is 1920 g/mol. The molecule has 0 N–H and O–H groups in total. The van der Waals surface area contributed by atoms with Crippen LogP contribution in [0.25, 0.3) is 0 Å². The molecule has 0 heterocycles. The molecule has 0 aromatic heterocycles. The van der Waals surface area contributed by atoms with E-state index in [-0.39, 0.29) is 51.9 Å². The molecule has 0 amide bonds. The zero-order chi connectivity index (χ0) is 99.4. The summed E-state index contributed by atoms with van der Waals surface area (Å²) < 4.78 is 39.5. The van der Waals surface area contributed by atoms with Crippen molar-refractivity contribution in [3.05, 3.63) is 490 Å². The molecule has 0 saturated heterocycles. The van der Waals surface area contributed by atoms with Crippen molar-refractivity contribution in [2.75, 3.05) is 0 Å². The first kappa shape index (κ1) is 101. The fraction of sp³-hybridized carbons (Fsp3) is 0.186. The first-order chi connectivity index (χ1) is 68.9. The molecule has 13 heteroatoms. The third-order valence-corrected chi connectivity index (χ3v) is 25.7. The second kappa shape index (κ2) is 49.3. The zero-order valence-corrected chi connectivity index (χ0v) is 81.4. The van der Waals surface area contributed by atoms with Gasteiger partial charge in [0.25, 0.3) is 0 Å². The highest BCUT2D eigenvalue weighted by Crippen LogP contribution is 2.31. The predicted octanol–water partition coefficient (Wildman–Crippen LogP) is 28.5. The van der Waals surface area contributed by atoms with E-state index in [0.29, 0.717) is 65.6 Å². The standard InChI is InChI=1S/C19H15FO.2C19H16O.3C18H13ClO.C18H12F2O/c1-13-11-14(8-10-18(13)20)5-6-15-7-9-17-16(12-15)3-2-4-19(17)21;1-14-4-2-5-15(12-14)8-9-16-10-11-18-17(13-16)6-3-7-19(18)20;1-14-5-7-15(8-6-14)9-10-16-11-12-18-17(13-16)3-2-4-19(18)20;19-16-5-1-3-13(12-16)7-8-14-9-10-17-15(11-14)4-2-6-18(17)20;19-17-6-2-1-4-14(17)10-8-13-9-11-16-15(12-13)5-3-7-18(16)20;19-16-9-6-13(7-10-16)4-5-14-8-11-17-15(12-14)2-1-3-18(17)20;19-15-8-7-13(17(20)11-15)6-4-12-5-9-16-14(10-12)2-1-3-18(16)21/h7-12H,2-4H2,1H3;2,4-5,10-13H,3,6-7H2,1H3;5-8,11-13H,2-4H2,1H3;1,3,5,9-12H,2,4,6H2;1-2,4,6,9,11-12H,3,5,7H2;6-12H,1-3H2;5,7-11H,1-3H2. The second-order valence-corrected chi connectivity index (χ2v) is 36.9. The Labute approximate surface area is 844 Å². The van der Waals surface area contributed by atoms with Gasteiger partial charge in [0, 0.05) is 172 Å². The summed E-state index contributed by atoms with van der Waals surface area (Å²) in [4.78, 5) is 82.3. The van der Waals surface area contributed by atoms with Crippen molar-refractivity contribution < 1.29 is 46.7 Å². The zero-order valence-electron chi connectivity index (χ0n) is 79.1. The van der Waals surface area contributed by atoms with E-state index in [1.54, 1.807) is 31.2 Å². The SMILES string of the molecule is Cc1cc(C#Cc2ccc3c(c2)CCCC3=O)ccc1F.Cc1ccc(C#Cc2ccc3c(c2)CCCC3=O)cc1.Cc1cccc(C#Cc2ccc3c(c2)CCCC3=O)c1.O=C1CCCc2cc(C#Cc3ccc(Cl)cc3)ccc21.O=C1CCCc2cc(C#Cc3ccc(F)cc3F)ccc21.O=C1CCCc2cc(C#Cc3cccc(Cl)c3)ccc21.O=C1CCCc2cc(C#Cc3ccccc3Cl)ccc21. The predicted molar refractivity (Wildman–Crippen MR) is 562 cm³/mol. The molecular formula is C129H98Cl3F3O7. The van der Waals surface area contributed by atoms with Crippen LogP contribution in [0.2, 0.25) is 15.1 Å². The Hall–Kier alpha value is -15.7. The van der Waals surface area contributed by atoms with E-state index in [1.807, 2.05) is 200 Å². The fourth-order valence-electron chi connectivity index (χ4n) is 17.4. The van der Waals surface area contributed by atoms with Gasteiger partial charge in [-0.3, -0.25) is 33.6 Å². The quantitative estimate of drug-likeness (QED) is 0.139. The van der Waals surface area contributed by atoms with Crippen molar-refractivity contribution in [3.8, 4) is 82.9 Å². The first-order valence-electron chi connectivity index (χ1n) is 47.8. The van der Waals surface area contributed by atoms with Crippen molar-refractivity contribution in [3.63, 3.8) is 0 Å². The average Bonchev–Trinajstić information content (AvgIpc) is 0.838. The summed E-state index contributed by atoms with van der Waals surface area (Å²) in [6.45, 7) is 5.86. The minimum atomic E-state index is -0.671. The molecule has 14 aromatic carbocycles. The lowest BCUT2D eigenvalue weighted by atomic mass is 9.89. The van der Waals surface area contributed by atoms with Crippen molar-refractivity contribution in [2.24, 2.45) is 0 Å². The fourth-order valence-corrected chi connectivity index (χ4v) is 17.9. The van der Waals surface area contributed by atoms with Crippen LogP contribution in [0.4, 0.5) is 13.2 Å². The summed E-state index contributed by atoms with van der Waals surface area (Å²) in [7, 11) is 0. The van der Waals surface area contributed by atoms with E-state index >= 15 is 0 Å². The van der Waals surface area contributed by atoms with Gasteiger partial charge in [0.15, 0.2) is 40.5 Å². The maximum atomic E-state index is 13.5. The van der Waals surface area contributed by atoms with E-state index in [9.17, 15) is 46.7 Å². The highest BCUT2D eigenvalue weighted by Gasteiger charge is 2.24. The maximum absolute atomic E-state index is 13.5. The third kappa shape index (κ3) is 28.6. The van der Waals surface area contributed by atoms with Gasteiger partial charge in [-0.25, -0.2) is 13.2 Å².